The molecule has 0 spiro atoms. The number of hydrogen-bond acceptors (Lipinski definition) is 8. The minimum absolute atomic E-state index is 0.0892. The number of nitrogens with zero attached hydrogens (tertiary/aromatic N) is 4. The highest BCUT2D eigenvalue weighted by Gasteiger charge is 2.21. The largest absolute Gasteiger partial charge is 0.497 e. The van der Waals surface area contributed by atoms with Crippen LogP contribution in [0.25, 0.3) is 11.1 Å². The highest BCUT2D eigenvalue weighted by Crippen LogP contribution is 2.29. The molecule has 1 N–H and O–H groups in total. The first-order valence-electron chi connectivity index (χ1n) is 11.4. The van der Waals surface area contributed by atoms with Crippen LogP contribution in [0.2, 0.25) is 0 Å². The number of aryl methyl sites for hydroxylation is 2. The van der Waals surface area contributed by atoms with Crippen molar-refractivity contribution in [3.63, 3.8) is 0 Å². The number of benzene rings is 1. The van der Waals surface area contributed by atoms with Gasteiger partial charge in [0.05, 0.1) is 19.9 Å². The van der Waals surface area contributed by atoms with E-state index in [1.807, 2.05) is 25.1 Å². The smallest absolute Gasteiger partial charge is 0.263 e. The number of methoxy groups -OCH3 is 2. The molecule has 1 fully saturated rings. The summed E-state index contributed by atoms with van der Waals surface area (Å²) in [5, 5.41) is 7.92. The van der Waals surface area contributed by atoms with E-state index in [1.165, 1.54) is 12.8 Å². The van der Waals surface area contributed by atoms with Crippen molar-refractivity contribution in [1.29, 1.82) is 0 Å². The number of amides is 1. The number of nitrogens with one attached hydrogen (secondary N) is 1. The van der Waals surface area contributed by atoms with Crippen LogP contribution in [0.1, 0.15) is 49.2 Å². The highest BCUT2D eigenvalue weighted by atomic mass is 16.5. The van der Waals surface area contributed by atoms with E-state index in [2.05, 4.69) is 20.4 Å². The Morgan fingerprint density at radius 1 is 1.12 bits per heavy atom. The quantitative estimate of drug-likeness (QED) is 0.552. The summed E-state index contributed by atoms with van der Waals surface area (Å²) in [6, 6.07) is 5.51. The number of carbonyl (C=O) groups is 1. The lowest BCUT2D eigenvalue weighted by atomic mass is 10.1. The minimum atomic E-state index is -0.0892. The van der Waals surface area contributed by atoms with Crippen molar-refractivity contribution in [3.8, 4) is 11.5 Å². The van der Waals surface area contributed by atoms with E-state index in [9.17, 15) is 4.79 Å². The van der Waals surface area contributed by atoms with E-state index in [0.717, 1.165) is 48.4 Å². The zero-order valence-corrected chi connectivity index (χ0v) is 19.5. The fourth-order valence-electron chi connectivity index (χ4n) is 4.16. The summed E-state index contributed by atoms with van der Waals surface area (Å²) in [7, 11) is 3.21. The van der Waals surface area contributed by atoms with Gasteiger partial charge in [-0.25, -0.2) is 4.98 Å². The molecule has 1 amide bonds. The zero-order valence-electron chi connectivity index (χ0n) is 19.5. The monoisotopic (exact) mass is 453 g/mol. The van der Waals surface area contributed by atoms with E-state index in [-0.39, 0.29) is 12.3 Å². The van der Waals surface area contributed by atoms with Crippen LogP contribution in [0.3, 0.4) is 0 Å². The van der Waals surface area contributed by atoms with Crippen molar-refractivity contribution >= 4 is 22.8 Å². The summed E-state index contributed by atoms with van der Waals surface area (Å²) in [4.78, 5) is 24.2. The van der Waals surface area contributed by atoms with Crippen molar-refractivity contribution in [2.75, 3.05) is 32.2 Å². The van der Waals surface area contributed by atoms with Crippen LogP contribution >= 0.6 is 0 Å². The van der Waals surface area contributed by atoms with Gasteiger partial charge in [0, 0.05) is 38.0 Å². The summed E-state index contributed by atoms with van der Waals surface area (Å²) in [6.45, 7) is 4.17. The molecule has 3 aromatic rings. The maximum Gasteiger partial charge on any atom is 0.263 e. The zero-order chi connectivity index (χ0) is 23.2. The summed E-state index contributed by atoms with van der Waals surface area (Å²) in [5.74, 6) is 2.79. The highest BCUT2D eigenvalue weighted by molar-refractivity contribution is 5.88. The number of hydrogen-bond donors (Lipinski definition) is 1. The van der Waals surface area contributed by atoms with Crippen LogP contribution < -0.4 is 19.7 Å². The molecule has 3 heterocycles. The molecule has 1 saturated heterocycles. The Balaban J connectivity index is 1.44. The van der Waals surface area contributed by atoms with Gasteiger partial charge in [-0.05, 0) is 38.0 Å². The fourth-order valence-corrected chi connectivity index (χ4v) is 4.16. The number of aromatic nitrogens is 3. The van der Waals surface area contributed by atoms with Crippen molar-refractivity contribution < 1.29 is 18.8 Å². The Hall–Kier alpha value is -3.36. The van der Waals surface area contributed by atoms with Gasteiger partial charge in [0.25, 0.3) is 5.71 Å². The number of rotatable bonds is 8. The first-order valence-corrected chi connectivity index (χ1v) is 11.4. The van der Waals surface area contributed by atoms with Crippen molar-refractivity contribution in [1.82, 2.24) is 20.4 Å². The second-order valence-corrected chi connectivity index (χ2v) is 8.27. The van der Waals surface area contributed by atoms with Crippen LogP contribution in [-0.2, 0) is 17.8 Å². The molecule has 9 nitrogen and oxygen atoms in total. The van der Waals surface area contributed by atoms with E-state index < -0.39 is 0 Å². The molecule has 2 aromatic heterocycles. The third-order valence-corrected chi connectivity index (χ3v) is 5.98. The first kappa shape index (κ1) is 22.8. The van der Waals surface area contributed by atoms with Gasteiger partial charge in [0.2, 0.25) is 5.91 Å². The molecule has 1 aliphatic rings. The molecule has 176 valence electrons. The number of fused-ring (bicyclic) bond motifs is 1. The van der Waals surface area contributed by atoms with Gasteiger partial charge in [-0.15, -0.1) is 0 Å². The molecule has 9 heteroatoms. The summed E-state index contributed by atoms with van der Waals surface area (Å²) in [6.07, 6.45) is 5.43. The second kappa shape index (κ2) is 10.5. The second-order valence-electron chi connectivity index (χ2n) is 8.27. The van der Waals surface area contributed by atoms with Crippen molar-refractivity contribution in [2.24, 2.45) is 0 Å². The summed E-state index contributed by atoms with van der Waals surface area (Å²) in [5.41, 5.74) is 2.13. The van der Waals surface area contributed by atoms with E-state index >= 15 is 0 Å². The Kier molecular flexibility index (Phi) is 7.26. The van der Waals surface area contributed by atoms with Gasteiger partial charge in [-0.3, -0.25) is 4.79 Å². The lowest BCUT2D eigenvalue weighted by molar-refractivity contribution is -0.121. The molecule has 0 aliphatic carbocycles. The lowest BCUT2D eigenvalue weighted by Gasteiger charge is -2.22. The molecule has 4 rings (SSSR count). The molecule has 0 saturated carbocycles. The predicted molar refractivity (Wildman–Crippen MR) is 125 cm³/mol. The third kappa shape index (κ3) is 5.35. The maximum absolute atomic E-state index is 12.6. The molecule has 0 bridgehead atoms. The lowest BCUT2D eigenvalue weighted by Crippen LogP contribution is -2.26. The van der Waals surface area contributed by atoms with Crippen LogP contribution in [-0.4, -0.2) is 48.3 Å². The van der Waals surface area contributed by atoms with Crippen LogP contribution in [0.15, 0.2) is 22.7 Å². The Bertz CT molecular complexity index is 1110. The molecular formula is C24H31N5O4. The summed E-state index contributed by atoms with van der Waals surface area (Å²) < 4.78 is 16.1. The maximum atomic E-state index is 12.6. The number of ether oxygens (including phenoxy) is 2. The molecule has 1 aliphatic heterocycles. The SMILES string of the molecule is COc1ccc(OC)c(CNC(=O)CCc2nc(N3CCCCCC3)c3c(C)noc3n2)c1. The van der Waals surface area contributed by atoms with E-state index in [0.29, 0.717) is 36.0 Å². The van der Waals surface area contributed by atoms with Crippen LogP contribution in [0.4, 0.5) is 5.82 Å². The van der Waals surface area contributed by atoms with Gasteiger partial charge in [-0.1, -0.05) is 18.0 Å². The molecule has 0 unspecified atom stereocenters. The third-order valence-electron chi connectivity index (χ3n) is 5.98. The van der Waals surface area contributed by atoms with Gasteiger partial charge in [-0.2, -0.15) is 4.98 Å². The van der Waals surface area contributed by atoms with Crippen molar-refractivity contribution in [2.45, 2.75) is 52.0 Å². The minimum Gasteiger partial charge on any atom is -0.497 e. The fraction of sp³-hybridized carbons (Fsp3) is 0.500. The van der Waals surface area contributed by atoms with E-state index in [1.54, 1.807) is 14.2 Å². The predicted octanol–water partition coefficient (Wildman–Crippen LogP) is 3.57. The van der Waals surface area contributed by atoms with Crippen LogP contribution in [0.5, 0.6) is 11.5 Å². The number of anilines is 1. The van der Waals surface area contributed by atoms with Gasteiger partial charge in [0.1, 0.15) is 28.5 Å². The Labute approximate surface area is 193 Å². The summed E-state index contributed by atoms with van der Waals surface area (Å²) >= 11 is 0. The van der Waals surface area contributed by atoms with E-state index in [4.69, 9.17) is 19.0 Å². The Morgan fingerprint density at radius 2 is 1.91 bits per heavy atom. The standard InChI is InChI=1S/C24H31N5O4/c1-16-22-23(29-12-6-4-5-7-13-29)26-20(27-24(22)33-28-16)10-11-21(30)25-15-17-14-18(31-2)8-9-19(17)32-3/h8-9,14H,4-7,10-13,15H2,1-3H3,(H,25,30). The molecule has 0 radical (unpaired) electrons. The van der Waals surface area contributed by atoms with Gasteiger partial charge < -0.3 is 24.2 Å². The van der Waals surface area contributed by atoms with Gasteiger partial charge in [0.15, 0.2) is 0 Å². The topological polar surface area (TPSA) is 103 Å². The van der Waals surface area contributed by atoms with Gasteiger partial charge >= 0.3 is 0 Å². The average Bonchev–Trinajstić information content (AvgIpc) is 3.03. The normalized spacial score (nSPS) is 14.2. The first-order chi connectivity index (χ1) is 16.1. The molecular weight excluding hydrogens is 422 g/mol. The molecule has 33 heavy (non-hydrogen) atoms. The molecule has 0 atom stereocenters. The average molecular weight is 454 g/mol. The van der Waals surface area contributed by atoms with Crippen LogP contribution in [0, 0.1) is 6.92 Å². The number of carbonyl (C=O) groups excluding carboxylic acids is 1. The molecule has 1 aromatic carbocycles. The Morgan fingerprint density at radius 3 is 2.64 bits per heavy atom. The van der Waals surface area contributed by atoms with Crippen molar-refractivity contribution in [3.05, 3.63) is 35.3 Å².